The molecule has 0 fully saturated rings. The minimum absolute atomic E-state index is 0.234. The molecule has 166 valence electrons. The molecule has 0 aliphatic carbocycles. The number of carbonyl (C=O) groups excluding carboxylic acids is 2. The van der Waals surface area contributed by atoms with Crippen LogP contribution < -0.4 is 15.4 Å². The Morgan fingerprint density at radius 2 is 1.50 bits per heavy atom. The highest BCUT2D eigenvalue weighted by Gasteiger charge is 2.30. The molecule has 32 heavy (non-hydrogen) atoms. The van der Waals surface area contributed by atoms with Gasteiger partial charge in [-0.1, -0.05) is 18.2 Å². The predicted octanol–water partition coefficient (Wildman–Crippen LogP) is 5.83. The first-order valence-electron chi connectivity index (χ1n) is 9.66. The van der Waals surface area contributed by atoms with Crippen molar-refractivity contribution >= 4 is 35.1 Å². The number of anilines is 2. The molecular weight excluding hydrogens is 439 g/mol. The molecule has 9 heteroatoms. The van der Waals surface area contributed by atoms with Crippen LogP contribution in [0.2, 0.25) is 0 Å². The van der Waals surface area contributed by atoms with Gasteiger partial charge < -0.3 is 15.4 Å². The van der Waals surface area contributed by atoms with Crippen molar-refractivity contribution in [2.45, 2.75) is 18.0 Å². The quantitative estimate of drug-likeness (QED) is 0.389. The van der Waals surface area contributed by atoms with Gasteiger partial charge in [0.2, 0.25) is 0 Å². The third-order valence-corrected chi connectivity index (χ3v) is 5.12. The van der Waals surface area contributed by atoms with Gasteiger partial charge in [-0.15, -0.1) is 0 Å². The number of amides is 2. The largest absolute Gasteiger partial charge is 0.416 e. The number of benzene rings is 3. The number of carbonyl (C=O) groups is 2. The first-order valence-corrected chi connectivity index (χ1v) is 10.5. The van der Waals surface area contributed by atoms with Gasteiger partial charge in [0, 0.05) is 33.9 Å². The molecule has 0 saturated carbocycles. The fourth-order valence-electron chi connectivity index (χ4n) is 2.78. The van der Waals surface area contributed by atoms with Crippen LogP contribution in [0.4, 0.5) is 24.5 Å². The zero-order valence-corrected chi connectivity index (χ0v) is 17.8. The molecule has 3 rings (SSSR count). The molecule has 0 bridgehead atoms. The summed E-state index contributed by atoms with van der Waals surface area (Å²) in [5.41, 5.74) is 0.815. The average molecular weight is 459 g/mol. The normalized spacial score (nSPS) is 11.0. The maximum absolute atomic E-state index is 12.9. The lowest BCUT2D eigenvalue weighted by Crippen LogP contribution is -2.22. The van der Waals surface area contributed by atoms with Crippen molar-refractivity contribution in [1.29, 1.82) is 0 Å². The lowest BCUT2D eigenvalue weighted by molar-refractivity contribution is -0.137. The summed E-state index contributed by atoms with van der Waals surface area (Å²) in [6.45, 7) is 2.31. The summed E-state index contributed by atoms with van der Waals surface area (Å²) in [7, 11) is 0. The lowest BCUT2D eigenvalue weighted by atomic mass is 10.1. The van der Waals surface area contributed by atoms with E-state index in [4.69, 9.17) is 0 Å². The molecule has 0 unspecified atom stereocenters. The van der Waals surface area contributed by atoms with Gasteiger partial charge in [0.15, 0.2) is 0 Å². The summed E-state index contributed by atoms with van der Waals surface area (Å²) in [5.74, 6) is -0.609. The van der Waals surface area contributed by atoms with E-state index in [1.807, 2.05) is 6.92 Å². The van der Waals surface area contributed by atoms with Gasteiger partial charge in [0.1, 0.15) is 0 Å². The van der Waals surface area contributed by atoms with Crippen LogP contribution in [-0.2, 0) is 6.18 Å². The summed E-state index contributed by atoms with van der Waals surface area (Å²) >= 11 is 1.09. The number of halogens is 3. The fraction of sp³-hybridized carbons (Fsp3) is 0.130. The smallest absolute Gasteiger partial charge is 0.352 e. The maximum Gasteiger partial charge on any atom is 0.416 e. The number of hydrogen-bond donors (Lipinski definition) is 3. The first kappa shape index (κ1) is 23.2. The Kier molecular flexibility index (Phi) is 7.42. The monoisotopic (exact) mass is 459 g/mol. The van der Waals surface area contributed by atoms with Gasteiger partial charge in [-0.05, 0) is 73.5 Å². The Morgan fingerprint density at radius 1 is 0.844 bits per heavy atom. The van der Waals surface area contributed by atoms with Crippen LogP contribution >= 0.6 is 11.9 Å². The van der Waals surface area contributed by atoms with Gasteiger partial charge in [0.05, 0.1) is 5.56 Å². The van der Waals surface area contributed by atoms with Crippen LogP contribution in [0.3, 0.4) is 0 Å². The van der Waals surface area contributed by atoms with Gasteiger partial charge in [0.25, 0.3) is 11.8 Å². The Labute approximate surface area is 187 Å². The molecule has 0 aromatic heterocycles. The third-order valence-electron chi connectivity index (χ3n) is 4.29. The molecule has 0 atom stereocenters. The van der Waals surface area contributed by atoms with Crippen LogP contribution in [0.25, 0.3) is 0 Å². The summed E-state index contributed by atoms with van der Waals surface area (Å²) in [4.78, 5) is 25.2. The summed E-state index contributed by atoms with van der Waals surface area (Å²) in [6, 6.07) is 18.1. The fourth-order valence-corrected chi connectivity index (χ4v) is 3.48. The first-order chi connectivity index (χ1) is 15.3. The molecule has 0 radical (unpaired) electrons. The van der Waals surface area contributed by atoms with Crippen LogP contribution in [0.15, 0.2) is 77.7 Å². The zero-order chi connectivity index (χ0) is 23.1. The van der Waals surface area contributed by atoms with Crippen LogP contribution in [-0.4, -0.2) is 18.4 Å². The maximum atomic E-state index is 12.9. The van der Waals surface area contributed by atoms with Crippen LogP contribution in [0, 0.1) is 0 Å². The van der Waals surface area contributed by atoms with Crippen molar-refractivity contribution in [3.8, 4) is 0 Å². The molecule has 0 spiro atoms. The van der Waals surface area contributed by atoms with E-state index in [1.54, 1.807) is 48.5 Å². The van der Waals surface area contributed by atoms with E-state index >= 15 is 0 Å². The molecule has 0 aliphatic rings. The van der Waals surface area contributed by atoms with E-state index in [1.165, 1.54) is 12.1 Å². The Hall–Kier alpha value is -3.46. The molecule has 3 aromatic rings. The van der Waals surface area contributed by atoms with Gasteiger partial charge >= 0.3 is 6.18 Å². The average Bonchev–Trinajstić information content (AvgIpc) is 2.78. The number of hydrogen-bond acceptors (Lipinski definition) is 4. The molecule has 5 nitrogen and oxygen atoms in total. The lowest BCUT2D eigenvalue weighted by Gasteiger charge is -2.11. The van der Waals surface area contributed by atoms with Crippen molar-refractivity contribution in [1.82, 2.24) is 5.32 Å². The second-order valence-electron chi connectivity index (χ2n) is 6.70. The van der Waals surface area contributed by atoms with Crippen molar-refractivity contribution in [2.24, 2.45) is 0 Å². The molecule has 2 amide bonds. The molecular formula is C23H20F3N3O2S. The summed E-state index contributed by atoms with van der Waals surface area (Å²) in [6.07, 6.45) is -4.42. The van der Waals surface area contributed by atoms with Crippen LogP contribution in [0.1, 0.15) is 33.2 Å². The zero-order valence-electron chi connectivity index (χ0n) is 17.0. The second kappa shape index (κ2) is 10.2. The van der Waals surface area contributed by atoms with Crippen molar-refractivity contribution in [2.75, 3.05) is 16.6 Å². The Balaban J connectivity index is 1.67. The third kappa shape index (κ3) is 6.27. The van der Waals surface area contributed by atoms with Crippen molar-refractivity contribution in [3.63, 3.8) is 0 Å². The number of rotatable bonds is 7. The topological polar surface area (TPSA) is 70.2 Å². The Bertz CT molecular complexity index is 1120. The van der Waals surface area contributed by atoms with E-state index in [-0.39, 0.29) is 11.8 Å². The highest BCUT2D eigenvalue weighted by molar-refractivity contribution is 8.00. The Morgan fingerprint density at radius 3 is 2.22 bits per heavy atom. The SMILES string of the molecule is CCNC(=O)c1cccc(NC(=O)c2cccc(SNc3cccc(C(F)(F)F)c3)c2)c1. The highest BCUT2D eigenvalue weighted by Crippen LogP contribution is 2.32. The number of alkyl halides is 3. The van der Waals surface area contributed by atoms with Gasteiger partial charge in [-0.3, -0.25) is 9.59 Å². The van der Waals surface area contributed by atoms with Crippen LogP contribution in [0.5, 0.6) is 0 Å². The summed E-state index contributed by atoms with van der Waals surface area (Å²) < 4.78 is 41.4. The van der Waals surface area contributed by atoms with E-state index in [9.17, 15) is 22.8 Å². The van der Waals surface area contributed by atoms with Gasteiger partial charge in [-0.25, -0.2) is 0 Å². The summed E-state index contributed by atoms with van der Waals surface area (Å²) in [5, 5.41) is 5.44. The molecule has 3 aromatic carbocycles. The molecule has 0 aliphatic heterocycles. The standard InChI is InChI=1S/C23H20F3N3O2S/c1-2-27-21(30)15-6-3-9-18(12-15)28-22(31)16-7-4-11-20(13-16)32-29-19-10-5-8-17(14-19)23(24,25)26/h3-14,29H,2H2,1H3,(H,27,30)(H,28,31). The molecule has 3 N–H and O–H groups in total. The van der Waals surface area contributed by atoms with E-state index in [0.29, 0.717) is 33.9 Å². The van der Waals surface area contributed by atoms with Gasteiger partial charge in [-0.2, -0.15) is 13.2 Å². The second-order valence-corrected chi connectivity index (χ2v) is 7.58. The predicted molar refractivity (Wildman–Crippen MR) is 120 cm³/mol. The van der Waals surface area contributed by atoms with E-state index in [0.717, 1.165) is 24.1 Å². The van der Waals surface area contributed by atoms with E-state index < -0.39 is 11.7 Å². The minimum Gasteiger partial charge on any atom is -0.352 e. The minimum atomic E-state index is -4.42. The van der Waals surface area contributed by atoms with Crippen molar-refractivity contribution < 1.29 is 22.8 Å². The molecule has 0 saturated heterocycles. The van der Waals surface area contributed by atoms with Crippen molar-refractivity contribution in [3.05, 3.63) is 89.5 Å². The number of nitrogens with one attached hydrogen (secondary N) is 3. The molecule has 0 heterocycles. The highest BCUT2D eigenvalue weighted by atomic mass is 32.2. The van der Waals surface area contributed by atoms with E-state index in [2.05, 4.69) is 15.4 Å².